The minimum absolute atomic E-state index is 0.105. The molecule has 3 rings (SSSR count). The van der Waals surface area contributed by atoms with E-state index in [0.29, 0.717) is 5.69 Å². The van der Waals surface area contributed by atoms with Gasteiger partial charge in [-0.1, -0.05) is 49.6 Å². The molecule has 0 saturated heterocycles. The van der Waals surface area contributed by atoms with Gasteiger partial charge in [-0.15, -0.1) is 0 Å². The number of esters is 1. The molecule has 1 saturated carbocycles. The number of rotatable bonds is 3. The number of imidazole rings is 1. The van der Waals surface area contributed by atoms with Gasteiger partial charge in [-0.25, -0.2) is 9.78 Å². The number of carbonyl (C=O) groups is 1. The predicted molar refractivity (Wildman–Crippen MR) is 80.2 cm³/mol. The van der Waals surface area contributed by atoms with Crippen LogP contribution in [0, 0.1) is 0 Å². The maximum atomic E-state index is 11.7. The SMILES string of the molecule is COC(=O)c1cnc(C2(c3ccccc3)CCCCC2)[nH]1. The Labute approximate surface area is 124 Å². The Morgan fingerprint density at radius 2 is 1.90 bits per heavy atom. The molecule has 4 heteroatoms. The van der Waals surface area contributed by atoms with Crippen molar-refractivity contribution >= 4 is 5.97 Å². The van der Waals surface area contributed by atoms with Crippen molar-refractivity contribution in [1.29, 1.82) is 0 Å². The minimum Gasteiger partial charge on any atom is -0.464 e. The molecule has 21 heavy (non-hydrogen) atoms. The predicted octanol–water partition coefficient (Wildman–Crippen LogP) is 3.45. The van der Waals surface area contributed by atoms with Crippen LogP contribution in [0.25, 0.3) is 0 Å². The molecule has 0 amide bonds. The van der Waals surface area contributed by atoms with Crippen molar-refractivity contribution in [3.63, 3.8) is 0 Å². The number of carbonyl (C=O) groups excluding carboxylic acids is 1. The lowest BCUT2D eigenvalue weighted by atomic mass is 9.69. The van der Waals surface area contributed by atoms with Crippen LogP contribution in [0.4, 0.5) is 0 Å². The fraction of sp³-hybridized carbons (Fsp3) is 0.412. The Morgan fingerprint density at radius 3 is 2.57 bits per heavy atom. The van der Waals surface area contributed by atoms with E-state index in [9.17, 15) is 4.79 Å². The first kappa shape index (κ1) is 13.9. The lowest BCUT2D eigenvalue weighted by molar-refractivity contribution is 0.0594. The van der Waals surface area contributed by atoms with E-state index in [1.165, 1.54) is 31.9 Å². The molecule has 0 radical (unpaired) electrons. The van der Waals surface area contributed by atoms with Gasteiger partial charge in [0.25, 0.3) is 0 Å². The average molecular weight is 284 g/mol. The van der Waals surface area contributed by atoms with E-state index in [-0.39, 0.29) is 11.4 Å². The highest BCUT2D eigenvalue weighted by molar-refractivity contribution is 5.86. The van der Waals surface area contributed by atoms with Gasteiger partial charge in [-0.2, -0.15) is 0 Å². The third kappa shape index (κ3) is 2.46. The van der Waals surface area contributed by atoms with Gasteiger partial charge in [0, 0.05) is 0 Å². The van der Waals surface area contributed by atoms with E-state index >= 15 is 0 Å². The molecule has 1 fully saturated rings. The van der Waals surface area contributed by atoms with Crippen LogP contribution in [0.2, 0.25) is 0 Å². The summed E-state index contributed by atoms with van der Waals surface area (Å²) in [5.74, 6) is 0.515. The van der Waals surface area contributed by atoms with Crippen LogP contribution < -0.4 is 0 Å². The fourth-order valence-corrected chi connectivity index (χ4v) is 3.35. The summed E-state index contributed by atoms with van der Waals surface area (Å²) in [7, 11) is 1.39. The summed E-state index contributed by atoms with van der Waals surface area (Å²) in [4.78, 5) is 19.3. The molecule has 1 aliphatic carbocycles. The van der Waals surface area contributed by atoms with Crippen molar-refractivity contribution in [3.8, 4) is 0 Å². The van der Waals surface area contributed by atoms with E-state index < -0.39 is 0 Å². The highest BCUT2D eigenvalue weighted by atomic mass is 16.5. The van der Waals surface area contributed by atoms with Crippen LogP contribution in [0.15, 0.2) is 36.5 Å². The van der Waals surface area contributed by atoms with E-state index in [2.05, 4.69) is 34.2 Å². The van der Waals surface area contributed by atoms with Crippen molar-refractivity contribution < 1.29 is 9.53 Å². The van der Waals surface area contributed by atoms with Gasteiger partial charge in [-0.05, 0) is 18.4 Å². The number of nitrogens with zero attached hydrogens (tertiary/aromatic N) is 1. The average Bonchev–Trinajstić information content (AvgIpc) is 3.06. The number of ether oxygens (including phenoxy) is 1. The quantitative estimate of drug-likeness (QED) is 0.878. The second kappa shape index (κ2) is 5.72. The van der Waals surface area contributed by atoms with Crippen LogP contribution in [0.5, 0.6) is 0 Å². The van der Waals surface area contributed by atoms with Gasteiger partial charge in [0.05, 0.1) is 18.7 Å². The van der Waals surface area contributed by atoms with E-state index in [0.717, 1.165) is 18.7 Å². The third-order valence-electron chi connectivity index (χ3n) is 4.47. The van der Waals surface area contributed by atoms with E-state index in [1.807, 2.05) is 6.07 Å². The van der Waals surface area contributed by atoms with Crippen molar-refractivity contribution in [3.05, 3.63) is 53.6 Å². The number of methoxy groups -OCH3 is 1. The Morgan fingerprint density at radius 1 is 1.19 bits per heavy atom. The van der Waals surface area contributed by atoms with Crippen LogP contribution >= 0.6 is 0 Å². The molecule has 0 spiro atoms. The summed E-state index contributed by atoms with van der Waals surface area (Å²) in [6, 6.07) is 10.5. The number of aromatic nitrogens is 2. The smallest absolute Gasteiger partial charge is 0.356 e. The van der Waals surface area contributed by atoms with E-state index in [1.54, 1.807) is 6.20 Å². The molecule has 110 valence electrons. The third-order valence-corrected chi connectivity index (χ3v) is 4.47. The highest BCUT2D eigenvalue weighted by Crippen LogP contribution is 2.43. The van der Waals surface area contributed by atoms with E-state index in [4.69, 9.17) is 4.74 Å². The number of hydrogen-bond donors (Lipinski definition) is 1. The molecule has 0 unspecified atom stereocenters. The molecule has 1 heterocycles. The summed E-state index contributed by atoms with van der Waals surface area (Å²) in [5.41, 5.74) is 1.59. The van der Waals surface area contributed by atoms with Crippen LogP contribution in [-0.4, -0.2) is 23.0 Å². The molecule has 0 aliphatic heterocycles. The lowest BCUT2D eigenvalue weighted by Gasteiger charge is -2.36. The zero-order chi connectivity index (χ0) is 14.7. The lowest BCUT2D eigenvalue weighted by Crippen LogP contribution is -2.31. The summed E-state index contributed by atoms with van der Waals surface area (Å²) >= 11 is 0. The van der Waals surface area contributed by atoms with Crippen LogP contribution in [-0.2, 0) is 10.2 Å². The topological polar surface area (TPSA) is 55.0 Å². The Kier molecular flexibility index (Phi) is 3.78. The first-order chi connectivity index (χ1) is 10.3. The number of hydrogen-bond acceptors (Lipinski definition) is 3. The monoisotopic (exact) mass is 284 g/mol. The van der Waals surface area contributed by atoms with Gasteiger partial charge in [0.1, 0.15) is 11.5 Å². The normalized spacial score (nSPS) is 17.4. The fourth-order valence-electron chi connectivity index (χ4n) is 3.35. The molecule has 1 aromatic carbocycles. The molecule has 4 nitrogen and oxygen atoms in total. The largest absolute Gasteiger partial charge is 0.464 e. The summed E-state index contributed by atoms with van der Waals surface area (Å²) in [6.07, 6.45) is 7.34. The first-order valence-corrected chi connectivity index (χ1v) is 7.45. The highest BCUT2D eigenvalue weighted by Gasteiger charge is 2.38. The van der Waals surface area contributed by atoms with Gasteiger partial charge < -0.3 is 9.72 Å². The summed E-state index contributed by atoms with van der Waals surface area (Å²) < 4.78 is 4.77. The number of benzene rings is 1. The van der Waals surface area contributed by atoms with Gasteiger partial charge in [0.15, 0.2) is 0 Å². The molecule has 2 aromatic rings. The second-order valence-corrected chi connectivity index (χ2v) is 5.65. The van der Waals surface area contributed by atoms with Gasteiger partial charge in [0.2, 0.25) is 0 Å². The Bertz CT molecular complexity index is 613. The van der Waals surface area contributed by atoms with Gasteiger partial charge in [-0.3, -0.25) is 0 Å². The zero-order valence-electron chi connectivity index (χ0n) is 12.3. The second-order valence-electron chi connectivity index (χ2n) is 5.65. The number of H-pyrrole nitrogens is 1. The summed E-state index contributed by atoms with van der Waals surface area (Å²) in [6.45, 7) is 0. The molecule has 1 N–H and O–H groups in total. The molecular formula is C17H20N2O2. The molecule has 0 bridgehead atoms. The molecule has 1 aromatic heterocycles. The number of aromatic amines is 1. The molecular weight excluding hydrogens is 264 g/mol. The summed E-state index contributed by atoms with van der Waals surface area (Å²) in [5, 5.41) is 0. The Balaban J connectivity index is 2.04. The first-order valence-electron chi connectivity index (χ1n) is 7.45. The Hall–Kier alpha value is -2.10. The van der Waals surface area contributed by atoms with Gasteiger partial charge >= 0.3 is 5.97 Å². The van der Waals surface area contributed by atoms with Crippen molar-refractivity contribution in [1.82, 2.24) is 9.97 Å². The van der Waals surface area contributed by atoms with Crippen LogP contribution in [0.1, 0.15) is 54.0 Å². The molecule has 0 atom stereocenters. The maximum Gasteiger partial charge on any atom is 0.356 e. The van der Waals surface area contributed by atoms with Crippen molar-refractivity contribution in [2.45, 2.75) is 37.5 Å². The van der Waals surface area contributed by atoms with Crippen LogP contribution in [0.3, 0.4) is 0 Å². The number of nitrogens with one attached hydrogen (secondary N) is 1. The van der Waals surface area contributed by atoms with Crippen molar-refractivity contribution in [2.24, 2.45) is 0 Å². The maximum absolute atomic E-state index is 11.7. The van der Waals surface area contributed by atoms with Crippen molar-refractivity contribution in [2.75, 3.05) is 7.11 Å². The zero-order valence-corrected chi connectivity index (χ0v) is 12.3. The molecule has 1 aliphatic rings. The standard InChI is InChI=1S/C17H20N2O2/c1-21-15(20)14-12-18-16(19-14)17(10-6-3-7-11-17)13-8-4-2-5-9-13/h2,4-5,8-9,12H,3,6-7,10-11H2,1H3,(H,18,19). The minimum atomic E-state index is -0.368.